The molecule has 0 amide bonds. The number of alkyl halides is 1. The van der Waals surface area contributed by atoms with Gasteiger partial charge in [0.15, 0.2) is 0 Å². The molecule has 0 bridgehead atoms. The maximum absolute atomic E-state index is 13.4. The van der Waals surface area contributed by atoms with Crippen LogP contribution in [0.3, 0.4) is 0 Å². The van der Waals surface area contributed by atoms with Gasteiger partial charge in [0.2, 0.25) is 0 Å². The maximum atomic E-state index is 13.4. The summed E-state index contributed by atoms with van der Waals surface area (Å²) in [4.78, 5) is 2.26. The van der Waals surface area contributed by atoms with Crippen molar-refractivity contribution in [1.82, 2.24) is 10.2 Å². The normalized spacial score (nSPS) is 17.2. The van der Waals surface area contributed by atoms with E-state index in [0.717, 1.165) is 26.2 Å². The molecule has 1 N–H and O–H groups in total. The van der Waals surface area contributed by atoms with Gasteiger partial charge in [-0.15, -0.1) is 24.8 Å². The van der Waals surface area contributed by atoms with Gasteiger partial charge in [0.25, 0.3) is 0 Å². The van der Waals surface area contributed by atoms with Gasteiger partial charge in [-0.3, -0.25) is 4.90 Å². The van der Waals surface area contributed by atoms with Gasteiger partial charge in [0, 0.05) is 26.2 Å². The molecule has 1 fully saturated rings. The number of halogens is 3. The van der Waals surface area contributed by atoms with Crippen molar-refractivity contribution >= 4 is 24.8 Å². The van der Waals surface area contributed by atoms with E-state index in [1.165, 1.54) is 16.7 Å². The number of hydrogen-bond acceptors (Lipinski definition) is 2. The number of aryl methyl sites for hydroxylation is 2. The lowest BCUT2D eigenvalue weighted by atomic mass is 9.95. The topological polar surface area (TPSA) is 15.3 Å². The molecule has 19 heavy (non-hydrogen) atoms. The van der Waals surface area contributed by atoms with Crippen LogP contribution in [-0.4, -0.2) is 37.8 Å². The summed E-state index contributed by atoms with van der Waals surface area (Å²) in [5.74, 6) is 0. The van der Waals surface area contributed by atoms with Crippen LogP contribution in [0.1, 0.15) is 22.7 Å². The molecule has 0 radical (unpaired) electrons. The van der Waals surface area contributed by atoms with Gasteiger partial charge in [-0.05, 0) is 30.5 Å². The standard InChI is InChI=1S/C14H21FN2.2ClH/c1-11-4-3-5-12(2)14(11)13(10-15)17-8-6-16-7-9-17;;/h3-5,13,16H,6-10H2,1-2H3;2*1H/t13-;;/m0../s1. The third-order valence-corrected chi connectivity index (χ3v) is 3.61. The van der Waals surface area contributed by atoms with E-state index < -0.39 is 0 Å². The van der Waals surface area contributed by atoms with Gasteiger partial charge in [-0.2, -0.15) is 0 Å². The molecule has 2 rings (SSSR count). The molecule has 1 aromatic rings. The number of nitrogens with one attached hydrogen (secondary N) is 1. The first-order chi connectivity index (χ1) is 8.24. The predicted molar refractivity (Wildman–Crippen MR) is 83.6 cm³/mol. The maximum Gasteiger partial charge on any atom is 0.109 e. The Kier molecular flexibility index (Phi) is 8.59. The van der Waals surface area contributed by atoms with E-state index in [4.69, 9.17) is 0 Å². The summed E-state index contributed by atoms with van der Waals surface area (Å²) >= 11 is 0. The Morgan fingerprint density at radius 3 is 2.16 bits per heavy atom. The second kappa shape index (κ2) is 8.75. The first kappa shape index (κ1) is 18.7. The molecule has 5 heteroatoms. The molecule has 2 nitrogen and oxygen atoms in total. The Hall–Kier alpha value is -0.350. The van der Waals surface area contributed by atoms with Crippen molar-refractivity contribution in [1.29, 1.82) is 0 Å². The number of piperazine rings is 1. The van der Waals surface area contributed by atoms with Gasteiger partial charge >= 0.3 is 0 Å². The van der Waals surface area contributed by atoms with Crippen LogP contribution >= 0.6 is 24.8 Å². The van der Waals surface area contributed by atoms with Crippen molar-refractivity contribution in [2.24, 2.45) is 0 Å². The fourth-order valence-corrected chi connectivity index (χ4v) is 2.70. The molecule has 0 spiro atoms. The average molecular weight is 309 g/mol. The van der Waals surface area contributed by atoms with Crippen molar-refractivity contribution < 1.29 is 4.39 Å². The molecular weight excluding hydrogens is 286 g/mol. The van der Waals surface area contributed by atoms with Crippen LogP contribution in [0.15, 0.2) is 18.2 Å². The van der Waals surface area contributed by atoms with E-state index in [2.05, 4.69) is 36.2 Å². The van der Waals surface area contributed by atoms with E-state index in [9.17, 15) is 4.39 Å². The lowest BCUT2D eigenvalue weighted by Gasteiger charge is -2.35. The number of benzene rings is 1. The smallest absolute Gasteiger partial charge is 0.109 e. The van der Waals surface area contributed by atoms with Crippen LogP contribution in [0.2, 0.25) is 0 Å². The molecule has 0 unspecified atom stereocenters. The first-order valence-corrected chi connectivity index (χ1v) is 6.31. The molecule has 1 saturated heterocycles. The Bertz CT molecular complexity index is 361. The number of rotatable bonds is 3. The third kappa shape index (κ3) is 4.32. The van der Waals surface area contributed by atoms with Crippen LogP contribution in [0, 0.1) is 13.8 Å². The van der Waals surface area contributed by atoms with Crippen molar-refractivity contribution in [3.05, 3.63) is 34.9 Å². The number of nitrogens with zero attached hydrogens (tertiary/aromatic N) is 1. The summed E-state index contributed by atoms with van der Waals surface area (Å²) in [6.07, 6.45) is 0. The predicted octanol–water partition coefficient (Wildman–Crippen LogP) is 3.06. The van der Waals surface area contributed by atoms with Gasteiger partial charge in [0.05, 0.1) is 6.04 Å². The quantitative estimate of drug-likeness (QED) is 0.923. The molecular formula is C14H23Cl2FN2. The van der Waals surface area contributed by atoms with Gasteiger partial charge in [-0.1, -0.05) is 18.2 Å². The van der Waals surface area contributed by atoms with Crippen LogP contribution in [0.4, 0.5) is 4.39 Å². The molecule has 1 aliphatic heterocycles. The zero-order chi connectivity index (χ0) is 12.3. The van der Waals surface area contributed by atoms with Crippen LogP contribution < -0.4 is 5.32 Å². The minimum absolute atomic E-state index is 0. The molecule has 1 aromatic carbocycles. The summed E-state index contributed by atoms with van der Waals surface area (Å²) in [5, 5.41) is 3.31. The minimum atomic E-state index is -0.300. The Morgan fingerprint density at radius 2 is 1.68 bits per heavy atom. The Morgan fingerprint density at radius 1 is 1.16 bits per heavy atom. The highest BCUT2D eigenvalue weighted by Crippen LogP contribution is 2.27. The van der Waals surface area contributed by atoms with Crippen LogP contribution in [-0.2, 0) is 0 Å². The molecule has 0 aliphatic carbocycles. The zero-order valence-electron chi connectivity index (χ0n) is 11.5. The van der Waals surface area contributed by atoms with Crippen LogP contribution in [0.25, 0.3) is 0 Å². The van der Waals surface area contributed by atoms with Gasteiger partial charge in [0.1, 0.15) is 6.67 Å². The minimum Gasteiger partial charge on any atom is -0.314 e. The van der Waals surface area contributed by atoms with Crippen molar-refractivity contribution in [3.8, 4) is 0 Å². The summed E-state index contributed by atoms with van der Waals surface area (Å²) in [7, 11) is 0. The number of hydrogen-bond donors (Lipinski definition) is 1. The zero-order valence-corrected chi connectivity index (χ0v) is 13.1. The summed E-state index contributed by atoms with van der Waals surface area (Å²) in [5.41, 5.74) is 3.58. The largest absolute Gasteiger partial charge is 0.314 e. The van der Waals surface area contributed by atoms with E-state index in [1.807, 2.05) is 6.07 Å². The third-order valence-electron chi connectivity index (χ3n) is 3.61. The summed E-state index contributed by atoms with van der Waals surface area (Å²) in [6.45, 7) is 7.64. The first-order valence-electron chi connectivity index (χ1n) is 6.31. The Balaban J connectivity index is 0.00000162. The molecule has 1 atom stereocenters. The average Bonchev–Trinajstić information content (AvgIpc) is 2.35. The van der Waals surface area contributed by atoms with Gasteiger partial charge < -0.3 is 5.32 Å². The lowest BCUT2D eigenvalue weighted by molar-refractivity contribution is 0.146. The highest BCUT2D eigenvalue weighted by atomic mass is 35.5. The van der Waals surface area contributed by atoms with E-state index in [1.54, 1.807) is 0 Å². The molecule has 1 aliphatic rings. The molecule has 0 aromatic heterocycles. The van der Waals surface area contributed by atoms with E-state index >= 15 is 0 Å². The van der Waals surface area contributed by atoms with Gasteiger partial charge in [-0.25, -0.2) is 4.39 Å². The molecule has 0 saturated carbocycles. The Labute approximate surface area is 127 Å². The second-order valence-electron chi connectivity index (χ2n) is 4.76. The van der Waals surface area contributed by atoms with Crippen molar-refractivity contribution in [2.75, 3.05) is 32.9 Å². The second-order valence-corrected chi connectivity index (χ2v) is 4.76. The monoisotopic (exact) mass is 308 g/mol. The van der Waals surface area contributed by atoms with E-state index in [-0.39, 0.29) is 37.5 Å². The molecule has 110 valence electrons. The van der Waals surface area contributed by atoms with Crippen LogP contribution in [0.5, 0.6) is 0 Å². The van der Waals surface area contributed by atoms with Crippen molar-refractivity contribution in [3.63, 3.8) is 0 Å². The summed E-state index contributed by atoms with van der Waals surface area (Å²) < 4.78 is 13.4. The lowest BCUT2D eigenvalue weighted by Crippen LogP contribution is -2.46. The SMILES string of the molecule is Cc1cccc(C)c1[C@H](CF)N1CCNCC1.Cl.Cl. The summed E-state index contributed by atoms with van der Waals surface area (Å²) in [6, 6.07) is 6.13. The highest BCUT2D eigenvalue weighted by Gasteiger charge is 2.24. The fourth-order valence-electron chi connectivity index (χ4n) is 2.70. The fraction of sp³-hybridized carbons (Fsp3) is 0.571. The molecule has 1 heterocycles. The van der Waals surface area contributed by atoms with Crippen molar-refractivity contribution in [2.45, 2.75) is 19.9 Å². The van der Waals surface area contributed by atoms with E-state index in [0.29, 0.717) is 0 Å². The highest BCUT2D eigenvalue weighted by molar-refractivity contribution is 5.85.